The Balaban J connectivity index is 5.24. The van der Waals surface area contributed by atoms with E-state index in [1.165, 1.54) is 83.5 Å². The summed E-state index contributed by atoms with van der Waals surface area (Å²) in [4.78, 5) is 71.9. The van der Waals surface area contributed by atoms with Crippen LogP contribution in [-0.4, -0.2) is 96.7 Å². The molecule has 0 aromatic carbocycles. The minimum atomic E-state index is -4.94. The lowest BCUT2D eigenvalue weighted by Gasteiger charge is -2.21. The minimum Gasteiger partial charge on any atom is -0.462 e. The summed E-state index contributed by atoms with van der Waals surface area (Å²) in [7, 11) is -9.87. The zero-order valence-electron chi connectivity index (χ0n) is 50.1. The summed E-state index contributed by atoms with van der Waals surface area (Å²) in [6.45, 7) is 11.5. The van der Waals surface area contributed by atoms with Crippen molar-refractivity contribution in [2.75, 3.05) is 39.6 Å². The molecule has 0 bridgehead atoms. The third kappa shape index (κ3) is 52.2. The molecular formula is C59H114O17P2. The molecule has 0 spiro atoms. The molecule has 0 radical (unpaired) electrons. The van der Waals surface area contributed by atoms with Crippen molar-refractivity contribution >= 4 is 39.5 Å². The first-order valence-electron chi connectivity index (χ1n) is 30.9. The van der Waals surface area contributed by atoms with E-state index in [0.29, 0.717) is 37.5 Å². The van der Waals surface area contributed by atoms with Crippen LogP contribution in [0.3, 0.4) is 0 Å². The summed E-state index contributed by atoms with van der Waals surface area (Å²) in [6, 6.07) is 0. The first-order chi connectivity index (χ1) is 37.3. The Hall–Kier alpha value is -1.94. The number of ether oxygens (including phenoxy) is 4. The third-order valence-corrected chi connectivity index (χ3v) is 15.6. The average Bonchev–Trinajstić information content (AvgIpc) is 3.39. The van der Waals surface area contributed by atoms with Crippen LogP contribution in [0.15, 0.2) is 0 Å². The van der Waals surface area contributed by atoms with Crippen LogP contribution in [0.4, 0.5) is 0 Å². The molecule has 0 aliphatic rings. The molecule has 78 heavy (non-hydrogen) atoms. The predicted molar refractivity (Wildman–Crippen MR) is 308 cm³/mol. The fourth-order valence-electron chi connectivity index (χ4n) is 8.56. The summed E-state index contributed by atoms with van der Waals surface area (Å²) >= 11 is 0. The number of hydrogen-bond donors (Lipinski definition) is 3. The fourth-order valence-corrected chi connectivity index (χ4v) is 10.1. The number of esters is 4. The van der Waals surface area contributed by atoms with Gasteiger partial charge in [-0.2, -0.15) is 0 Å². The van der Waals surface area contributed by atoms with Gasteiger partial charge in [0, 0.05) is 25.7 Å². The van der Waals surface area contributed by atoms with Crippen LogP contribution in [0.5, 0.6) is 0 Å². The number of hydrogen-bond acceptors (Lipinski definition) is 15. The van der Waals surface area contributed by atoms with Crippen molar-refractivity contribution < 1.29 is 80.2 Å². The number of rotatable bonds is 57. The Labute approximate surface area is 473 Å². The molecule has 0 aromatic rings. The van der Waals surface area contributed by atoms with E-state index in [-0.39, 0.29) is 25.7 Å². The van der Waals surface area contributed by atoms with E-state index in [4.69, 9.17) is 37.0 Å². The molecule has 0 saturated heterocycles. The number of carbonyl (C=O) groups is 4. The van der Waals surface area contributed by atoms with Crippen molar-refractivity contribution in [1.29, 1.82) is 0 Å². The van der Waals surface area contributed by atoms with Crippen molar-refractivity contribution in [3.8, 4) is 0 Å². The van der Waals surface area contributed by atoms with Crippen LogP contribution >= 0.6 is 15.6 Å². The standard InChI is InChI=1S/C59H114O17P2/c1-8-10-11-12-13-14-17-26-33-40-56(61)69-46-55(76-59(64)43-36-29-21-19-24-31-38-51(5)6)49-74-78(67,68)72-45-53(60)44-71-77(65,66)73-48-54(75-58(63)42-35-28-18-15-16-23-30-37-50(3)4)47-70-57(62)41-34-27-22-20-25-32-39-52(7)9-2/h50-55,60H,8-49H2,1-7H3,(H,65,66)(H,67,68)/t52?,53-,54-,55-/m1/s1. The van der Waals surface area contributed by atoms with E-state index in [0.717, 1.165) is 102 Å². The summed E-state index contributed by atoms with van der Waals surface area (Å²) in [5.41, 5.74) is 0. The lowest BCUT2D eigenvalue weighted by molar-refractivity contribution is -0.161. The molecule has 0 aliphatic carbocycles. The van der Waals surface area contributed by atoms with E-state index in [1.807, 2.05) is 0 Å². The summed E-state index contributed by atoms with van der Waals surface area (Å²) in [6.07, 6.45) is 29.7. The molecule has 0 saturated carbocycles. The Kier molecular flexibility index (Phi) is 49.5. The first-order valence-corrected chi connectivity index (χ1v) is 33.9. The van der Waals surface area contributed by atoms with Crippen LogP contribution in [0.2, 0.25) is 0 Å². The van der Waals surface area contributed by atoms with Crippen LogP contribution in [-0.2, 0) is 65.4 Å². The number of aliphatic hydroxyl groups is 1. The van der Waals surface area contributed by atoms with Crippen molar-refractivity contribution in [3.63, 3.8) is 0 Å². The van der Waals surface area contributed by atoms with Crippen molar-refractivity contribution in [3.05, 3.63) is 0 Å². The molecule has 0 heterocycles. The van der Waals surface area contributed by atoms with Crippen molar-refractivity contribution in [1.82, 2.24) is 0 Å². The number of phosphoric acid groups is 2. The molecule has 0 aromatic heterocycles. The third-order valence-electron chi connectivity index (χ3n) is 13.7. The molecule has 3 N–H and O–H groups in total. The van der Waals surface area contributed by atoms with Crippen LogP contribution in [0, 0.1) is 17.8 Å². The quantitative estimate of drug-likeness (QED) is 0.0222. The molecule has 0 fully saturated rings. The molecule has 0 aliphatic heterocycles. The van der Waals surface area contributed by atoms with E-state index >= 15 is 0 Å². The SMILES string of the molecule is CCCCCCCCCCCC(=O)OC[C@H](COP(=O)(O)OC[C@H](O)COP(=O)(O)OC[C@@H](COC(=O)CCCCCCCCC(C)CC)OC(=O)CCCCCCCCCC(C)C)OC(=O)CCCCCCCCC(C)C. The smallest absolute Gasteiger partial charge is 0.462 e. The van der Waals surface area contributed by atoms with Gasteiger partial charge in [-0.05, 0) is 43.4 Å². The monoisotopic (exact) mass is 1160 g/mol. The van der Waals surface area contributed by atoms with E-state index in [9.17, 15) is 43.2 Å². The molecule has 0 amide bonds. The molecule has 17 nitrogen and oxygen atoms in total. The Morgan fingerprint density at radius 3 is 0.974 bits per heavy atom. The lowest BCUT2D eigenvalue weighted by atomic mass is 10.00. The zero-order chi connectivity index (χ0) is 58.1. The maximum Gasteiger partial charge on any atom is 0.472 e. The molecule has 462 valence electrons. The van der Waals surface area contributed by atoms with E-state index in [2.05, 4.69) is 48.5 Å². The second kappa shape index (κ2) is 50.8. The average molecular weight is 1160 g/mol. The molecule has 0 rings (SSSR count). The molecule has 6 atom stereocenters. The Bertz CT molecular complexity index is 1560. The van der Waals surface area contributed by atoms with Gasteiger partial charge in [-0.25, -0.2) is 9.13 Å². The van der Waals surface area contributed by atoms with Gasteiger partial charge in [-0.1, -0.05) is 228 Å². The number of carbonyl (C=O) groups excluding carboxylic acids is 4. The number of unbranched alkanes of at least 4 members (excludes halogenated alkanes) is 24. The largest absolute Gasteiger partial charge is 0.472 e. The van der Waals surface area contributed by atoms with Gasteiger partial charge in [0.05, 0.1) is 26.4 Å². The molecule has 19 heteroatoms. The van der Waals surface area contributed by atoms with E-state index < -0.39 is 97.5 Å². The maximum atomic E-state index is 12.9. The van der Waals surface area contributed by atoms with Gasteiger partial charge in [0.15, 0.2) is 12.2 Å². The number of aliphatic hydroxyl groups excluding tert-OH is 1. The van der Waals surface area contributed by atoms with Crippen LogP contribution in [0.25, 0.3) is 0 Å². The lowest BCUT2D eigenvalue weighted by Crippen LogP contribution is -2.30. The van der Waals surface area contributed by atoms with Gasteiger partial charge in [-0.15, -0.1) is 0 Å². The highest BCUT2D eigenvalue weighted by atomic mass is 31.2. The Morgan fingerprint density at radius 2 is 0.654 bits per heavy atom. The van der Waals surface area contributed by atoms with E-state index in [1.54, 1.807) is 0 Å². The summed E-state index contributed by atoms with van der Waals surface area (Å²) < 4.78 is 67.7. The second-order valence-corrected chi connectivity index (χ2v) is 25.5. The van der Waals surface area contributed by atoms with Gasteiger partial charge in [0.2, 0.25) is 0 Å². The highest BCUT2D eigenvalue weighted by Gasteiger charge is 2.30. The Morgan fingerprint density at radius 1 is 0.372 bits per heavy atom. The molecular weight excluding hydrogens is 1040 g/mol. The van der Waals surface area contributed by atoms with Gasteiger partial charge >= 0.3 is 39.5 Å². The highest BCUT2D eigenvalue weighted by Crippen LogP contribution is 2.45. The highest BCUT2D eigenvalue weighted by molar-refractivity contribution is 7.47. The molecule has 3 unspecified atom stereocenters. The fraction of sp³-hybridized carbons (Fsp3) is 0.932. The van der Waals surface area contributed by atoms with Crippen molar-refractivity contribution in [2.45, 2.75) is 298 Å². The first kappa shape index (κ1) is 76.1. The van der Waals surface area contributed by atoms with Gasteiger partial charge in [0.1, 0.15) is 19.3 Å². The summed E-state index contributed by atoms with van der Waals surface area (Å²) in [5.74, 6) is -0.0547. The van der Waals surface area contributed by atoms with Gasteiger partial charge in [0.25, 0.3) is 0 Å². The number of phosphoric ester groups is 2. The maximum absolute atomic E-state index is 12.9. The normalized spacial score (nSPS) is 14.9. The zero-order valence-corrected chi connectivity index (χ0v) is 51.9. The van der Waals surface area contributed by atoms with Crippen molar-refractivity contribution in [2.24, 2.45) is 17.8 Å². The topological polar surface area (TPSA) is 237 Å². The van der Waals surface area contributed by atoms with Gasteiger partial charge in [-0.3, -0.25) is 37.3 Å². The predicted octanol–water partition coefficient (Wildman–Crippen LogP) is 15.6. The minimum absolute atomic E-state index is 0.101. The summed E-state index contributed by atoms with van der Waals surface area (Å²) in [5, 5.41) is 10.5. The second-order valence-electron chi connectivity index (χ2n) is 22.6. The van der Waals surface area contributed by atoms with Crippen LogP contribution in [0.1, 0.15) is 280 Å². The van der Waals surface area contributed by atoms with Gasteiger partial charge < -0.3 is 33.8 Å². The van der Waals surface area contributed by atoms with Crippen LogP contribution < -0.4 is 0 Å².